The van der Waals surface area contributed by atoms with E-state index in [4.69, 9.17) is 4.42 Å². The van der Waals surface area contributed by atoms with Gasteiger partial charge in [0.25, 0.3) is 0 Å². The smallest absolute Gasteiger partial charge is 0.0947 e. The molecule has 102 valence electrons. The molecule has 0 unspecified atom stereocenters. The second kappa shape index (κ2) is 6.67. The fourth-order valence-electron chi connectivity index (χ4n) is 3.17. The van der Waals surface area contributed by atoms with Crippen LogP contribution in [0, 0.1) is 5.41 Å². The number of rotatable bonds is 5. The van der Waals surface area contributed by atoms with Crippen LogP contribution in [0.15, 0.2) is 23.0 Å². The summed E-state index contributed by atoms with van der Waals surface area (Å²) in [7, 11) is 2.21. The molecule has 1 aliphatic carbocycles. The zero-order chi connectivity index (χ0) is 12.8. The van der Waals surface area contributed by atoms with Gasteiger partial charge in [0.1, 0.15) is 0 Å². The molecule has 0 N–H and O–H groups in total. The number of hydrogen-bond acceptors (Lipinski definition) is 3. The van der Waals surface area contributed by atoms with Crippen molar-refractivity contribution >= 4 is 12.6 Å². The lowest BCUT2D eigenvalue weighted by Crippen LogP contribution is -2.36. The Labute approximate surface area is 116 Å². The normalized spacial score (nSPS) is 19.9. The summed E-state index contributed by atoms with van der Waals surface area (Å²) in [6.07, 6.45) is 11.8. The van der Waals surface area contributed by atoms with E-state index >= 15 is 0 Å². The van der Waals surface area contributed by atoms with Crippen molar-refractivity contribution in [2.75, 3.05) is 19.3 Å². The van der Waals surface area contributed by atoms with E-state index in [2.05, 4.69) is 30.6 Å². The molecule has 0 aromatic carbocycles. The lowest BCUT2D eigenvalue weighted by atomic mass is 9.81. The average molecular weight is 267 g/mol. The molecule has 0 amide bonds. The maximum absolute atomic E-state index is 5.14. The molecule has 0 spiro atoms. The molecule has 0 radical (unpaired) electrons. The van der Waals surface area contributed by atoms with E-state index in [0.29, 0.717) is 5.41 Å². The van der Waals surface area contributed by atoms with Gasteiger partial charge in [-0.2, -0.15) is 12.6 Å². The molecule has 1 aromatic heterocycles. The van der Waals surface area contributed by atoms with Crippen molar-refractivity contribution in [1.82, 2.24) is 4.90 Å². The first-order valence-electron chi connectivity index (χ1n) is 7.05. The van der Waals surface area contributed by atoms with Crippen LogP contribution in [0.5, 0.6) is 0 Å². The first-order chi connectivity index (χ1) is 8.74. The van der Waals surface area contributed by atoms with E-state index in [9.17, 15) is 0 Å². The van der Waals surface area contributed by atoms with Crippen LogP contribution in [-0.4, -0.2) is 24.2 Å². The van der Waals surface area contributed by atoms with Crippen LogP contribution in [0.3, 0.4) is 0 Å². The van der Waals surface area contributed by atoms with Crippen LogP contribution in [0.4, 0.5) is 0 Å². The van der Waals surface area contributed by atoms with E-state index in [0.717, 1.165) is 18.8 Å². The SMILES string of the molecule is CN(Cc1ccoc1)CC1(CS)CCCCCC1. The number of thiol groups is 1. The van der Waals surface area contributed by atoms with Crippen LogP contribution in [0.25, 0.3) is 0 Å². The molecule has 3 heteroatoms. The van der Waals surface area contributed by atoms with Crippen molar-refractivity contribution in [3.63, 3.8) is 0 Å². The lowest BCUT2D eigenvalue weighted by molar-refractivity contribution is 0.170. The summed E-state index contributed by atoms with van der Waals surface area (Å²) in [5.74, 6) is 1.02. The van der Waals surface area contributed by atoms with Gasteiger partial charge in [0.15, 0.2) is 0 Å². The summed E-state index contributed by atoms with van der Waals surface area (Å²) < 4.78 is 5.14. The monoisotopic (exact) mass is 267 g/mol. The minimum atomic E-state index is 0.429. The Morgan fingerprint density at radius 3 is 2.56 bits per heavy atom. The van der Waals surface area contributed by atoms with Crippen LogP contribution in [0.1, 0.15) is 44.1 Å². The third kappa shape index (κ3) is 3.79. The van der Waals surface area contributed by atoms with Crippen molar-refractivity contribution in [2.45, 2.75) is 45.1 Å². The second-order valence-corrected chi connectivity index (χ2v) is 6.19. The molecule has 18 heavy (non-hydrogen) atoms. The van der Waals surface area contributed by atoms with Gasteiger partial charge in [0.2, 0.25) is 0 Å². The van der Waals surface area contributed by atoms with E-state index in [1.54, 1.807) is 6.26 Å². The van der Waals surface area contributed by atoms with E-state index in [1.165, 1.54) is 44.1 Å². The largest absolute Gasteiger partial charge is 0.472 e. The molecule has 0 saturated heterocycles. The van der Waals surface area contributed by atoms with Gasteiger partial charge >= 0.3 is 0 Å². The summed E-state index contributed by atoms with van der Waals surface area (Å²) in [4.78, 5) is 2.42. The highest BCUT2D eigenvalue weighted by Crippen LogP contribution is 2.36. The van der Waals surface area contributed by atoms with Gasteiger partial charge in [0, 0.05) is 18.7 Å². The summed E-state index contributed by atoms with van der Waals surface area (Å²) in [5.41, 5.74) is 1.69. The Kier molecular flexibility index (Phi) is 5.19. The molecule has 1 aromatic rings. The molecular weight excluding hydrogens is 242 g/mol. The predicted octanol–water partition coefficient (Wildman–Crippen LogP) is 3.98. The second-order valence-electron chi connectivity index (χ2n) is 5.88. The van der Waals surface area contributed by atoms with Gasteiger partial charge in [-0.25, -0.2) is 0 Å². The minimum Gasteiger partial charge on any atom is -0.472 e. The summed E-state index contributed by atoms with van der Waals surface area (Å²) >= 11 is 4.64. The summed E-state index contributed by atoms with van der Waals surface area (Å²) in [5, 5.41) is 0. The molecule has 0 aliphatic heterocycles. The Morgan fingerprint density at radius 1 is 1.28 bits per heavy atom. The zero-order valence-corrected chi connectivity index (χ0v) is 12.3. The van der Waals surface area contributed by atoms with Gasteiger partial charge < -0.3 is 9.32 Å². The zero-order valence-electron chi connectivity index (χ0n) is 11.4. The highest BCUT2D eigenvalue weighted by molar-refractivity contribution is 7.80. The number of furan rings is 1. The van der Waals surface area contributed by atoms with Gasteiger partial charge in [-0.3, -0.25) is 0 Å². The molecular formula is C15H25NOS. The fraction of sp³-hybridized carbons (Fsp3) is 0.733. The maximum atomic E-state index is 5.14. The third-order valence-corrected chi connectivity index (χ3v) is 4.81. The molecule has 2 rings (SSSR count). The van der Waals surface area contributed by atoms with Gasteiger partial charge in [0.05, 0.1) is 12.5 Å². The molecule has 1 saturated carbocycles. The van der Waals surface area contributed by atoms with Crippen LogP contribution in [-0.2, 0) is 6.54 Å². The van der Waals surface area contributed by atoms with Crippen molar-refractivity contribution in [3.8, 4) is 0 Å². The van der Waals surface area contributed by atoms with Crippen molar-refractivity contribution in [1.29, 1.82) is 0 Å². The molecule has 0 atom stereocenters. The fourth-order valence-corrected chi connectivity index (χ4v) is 3.58. The van der Waals surface area contributed by atoms with Gasteiger partial charge in [-0.05, 0) is 37.1 Å². The van der Waals surface area contributed by atoms with Gasteiger partial charge in [-0.15, -0.1) is 0 Å². The predicted molar refractivity (Wildman–Crippen MR) is 79.0 cm³/mol. The number of nitrogens with zero attached hydrogens (tertiary/aromatic N) is 1. The summed E-state index contributed by atoms with van der Waals surface area (Å²) in [6, 6.07) is 2.05. The Hall–Kier alpha value is -0.410. The highest BCUT2D eigenvalue weighted by Gasteiger charge is 2.30. The molecule has 1 heterocycles. The van der Waals surface area contributed by atoms with E-state index < -0.39 is 0 Å². The Balaban J connectivity index is 1.91. The van der Waals surface area contributed by atoms with Gasteiger partial charge in [-0.1, -0.05) is 25.7 Å². The quantitative estimate of drug-likeness (QED) is 0.641. The first kappa shape index (κ1) is 14.0. The van der Waals surface area contributed by atoms with E-state index in [-0.39, 0.29) is 0 Å². The molecule has 1 aliphatic rings. The molecule has 2 nitrogen and oxygen atoms in total. The summed E-state index contributed by atoms with van der Waals surface area (Å²) in [6.45, 7) is 2.13. The molecule has 1 fully saturated rings. The Morgan fingerprint density at radius 2 is 2.00 bits per heavy atom. The van der Waals surface area contributed by atoms with Crippen LogP contribution < -0.4 is 0 Å². The number of hydrogen-bond donors (Lipinski definition) is 1. The van der Waals surface area contributed by atoms with Crippen molar-refractivity contribution in [3.05, 3.63) is 24.2 Å². The Bertz CT molecular complexity index is 328. The van der Waals surface area contributed by atoms with Crippen LogP contribution >= 0.6 is 12.6 Å². The highest BCUT2D eigenvalue weighted by atomic mass is 32.1. The average Bonchev–Trinajstić information content (AvgIpc) is 2.74. The lowest BCUT2D eigenvalue weighted by Gasteiger charge is -2.35. The topological polar surface area (TPSA) is 16.4 Å². The molecule has 0 bridgehead atoms. The van der Waals surface area contributed by atoms with Crippen LogP contribution in [0.2, 0.25) is 0 Å². The first-order valence-corrected chi connectivity index (χ1v) is 7.68. The van der Waals surface area contributed by atoms with Crippen molar-refractivity contribution in [2.24, 2.45) is 5.41 Å². The standard InChI is InChI=1S/C15H25NOS/c1-16(10-14-6-9-17-11-14)12-15(13-18)7-4-2-3-5-8-15/h6,9,11,18H,2-5,7-8,10,12-13H2,1H3. The third-order valence-electron chi connectivity index (χ3n) is 4.14. The minimum absolute atomic E-state index is 0.429. The maximum Gasteiger partial charge on any atom is 0.0947 e. The van der Waals surface area contributed by atoms with Crippen molar-refractivity contribution < 1.29 is 4.42 Å². The van der Waals surface area contributed by atoms with E-state index in [1.807, 2.05) is 6.26 Å².